The molecule has 1 amide bonds. The minimum Gasteiger partial charge on any atom is -0.507 e. The van der Waals surface area contributed by atoms with Gasteiger partial charge in [-0.3, -0.25) is 14.5 Å². The summed E-state index contributed by atoms with van der Waals surface area (Å²) in [5.41, 5.74) is 1.46. The van der Waals surface area contributed by atoms with Gasteiger partial charge in [0.2, 0.25) is 5.95 Å². The molecule has 5 rings (SSSR count). The maximum absolute atomic E-state index is 13.3. The van der Waals surface area contributed by atoms with Crippen LogP contribution < -0.4 is 14.4 Å². The first-order valence-electron chi connectivity index (χ1n) is 11.2. The number of hydrogen-bond donors (Lipinski definition) is 2. The molecule has 1 aliphatic rings. The predicted molar refractivity (Wildman–Crippen MR) is 128 cm³/mol. The second kappa shape index (κ2) is 9.02. The molecular weight excluding hydrogens is 450 g/mol. The quantitative estimate of drug-likeness (QED) is 0.229. The number of hydrogen-bond acceptors (Lipinski definition) is 7. The van der Waals surface area contributed by atoms with Crippen LogP contribution in [0.5, 0.6) is 11.5 Å². The summed E-state index contributed by atoms with van der Waals surface area (Å²) in [5, 5.41) is 11.4. The number of rotatable bonds is 7. The number of ether oxygens (including phenoxy) is 2. The van der Waals surface area contributed by atoms with Crippen LogP contribution in [0.25, 0.3) is 16.8 Å². The van der Waals surface area contributed by atoms with Gasteiger partial charge in [0.15, 0.2) is 0 Å². The van der Waals surface area contributed by atoms with Gasteiger partial charge >= 0.3 is 5.91 Å². The number of aromatic nitrogens is 2. The highest BCUT2D eigenvalue weighted by atomic mass is 16.5. The number of nitrogens with zero attached hydrogens (tertiary/aromatic N) is 2. The van der Waals surface area contributed by atoms with Crippen molar-refractivity contribution in [1.82, 2.24) is 9.97 Å². The van der Waals surface area contributed by atoms with Gasteiger partial charge in [-0.1, -0.05) is 12.1 Å². The first kappa shape index (κ1) is 22.3. The Labute approximate surface area is 200 Å². The summed E-state index contributed by atoms with van der Waals surface area (Å²) in [4.78, 5) is 35.4. The average Bonchev–Trinajstić information content (AvgIpc) is 3.58. The molecule has 9 heteroatoms. The molecule has 2 N–H and O–H groups in total. The SMILES string of the molecule is CCOc1ccc(/C(O)=C2\C(=O)C(=O)N(c3nc4ccccc4[nH]3)C2c2ccco2)c(OCC)c1. The van der Waals surface area contributed by atoms with Crippen LogP contribution in [0.3, 0.4) is 0 Å². The summed E-state index contributed by atoms with van der Waals surface area (Å²) in [6, 6.07) is 14.4. The molecule has 2 aromatic heterocycles. The van der Waals surface area contributed by atoms with Crippen molar-refractivity contribution in [2.24, 2.45) is 0 Å². The normalized spacial score (nSPS) is 17.3. The second-order valence-electron chi connectivity index (χ2n) is 7.79. The van der Waals surface area contributed by atoms with Crippen molar-refractivity contribution in [2.45, 2.75) is 19.9 Å². The summed E-state index contributed by atoms with van der Waals surface area (Å²) in [5.74, 6) is -0.728. The number of aromatic amines is 1. The van der Waals surface area contributed by atoms with Gasteiger partial charge in [-0.25, -0.2) is 4.98 Å². The van der Waals surface area contributed by atoms with Crippen LogP contribution in [-0.4, -0.2) is 40.0 Å². The van der Waals surface area contributed by atoms with E-state index < -0.39 is 17.7 Å². The number of Topliss-reactive ketones (excluding diaryl/α,β-unsaturated/α-hetero) is 1. The molecule has 0 bridgehead atoms. The van der Waals surface area contributed by atoms with Crippen molar-refractivity contribution in [1.29, 1.82) is 0 Å². The molecular formula is C26H23N3O6. The lowest BCUT2D eigenvalue weighted by Gasteiger charge is -2.21. The van der Waals surface area contributed by atoms with E-state index in [2.05, 4.69) is 9.97 Å². The number of H-pyrrole nitrogens is 1. The molecule has 2 aromatic carbocycles. The zero-order valence-electron chi connectivity index (χ0n) is 19.1. The number of anilines is 1. The molecule has 0 aliphatic carbocycles. The van der Waals surface area contributed by atoms with Crippen LogP contribution in [0, 0.1) is 0 Å². The van der Waals surface area contributed by atoms with Crippen molar-refractivity contribution < 1.29 is 28.6 Å². The molecule has 1 atom stereocenters. The van der Waals surface area contributed by atoms with E-state index in [-0.39, 0.29) is 22.8 Å². The number of ketones is 1. The molecule has 1 unspecified atom stereocenters. The number of aliphatic hydroxyl groups excluding tert-OH is 1. The van der Waals surface area contributed by atoms with Crippen LogP contribution in [0.4, 0.5) is 5.95 Å². The van der Waals surface area contributed by atoms with Crippen LogP contribution in [0.2, 0.25) is 0 Å². The van der Waals surface area contributed by atoms with Crippen LogP contribution in [-0.2, 0) is 9.59 Å². The third-order valence-corrected chi connectivity index (χ3v) is 5.68. The first-order chi connectivity index (χ1) is 17.0. The van der Waals surface area contributed by atoms with E-state index >= 15 is 0 Å². The molecule has 9 nitrogen and oxygen atoms in total. The van der Waals surface area contributed by atoms with Crippen molar-refractivity contribution >= 4 is 34.4 Å². The summed E-state index contributed by atoms with van der Waals surface area (Å²) in [6.45, 7) is 4.44. The van der Waals surface area contributed by atoms with Gasteiger partial charge in [-0.2, -0.15) is 0 Å². The number of benzene rings is 2. The van der Waals surface area contributed by atoms with Gasteiger partial charge in [-0.15, -0.1) is 0 Å². The van der Waals surface area contributed by atoms with Gasteiger partial charge in [-0.05, 0) is 50.2 Å². The fraction of sp³-hybridized carbons (Fsp3) is 0.192. The van der Waals surface area contributed by atoms with Gasteiger partial charge < -0.3 is 24.0 Å². The minimum absolute atomic E-state index is 0.129. The van der Waals surface area contributed by atoms with Crippen molar-refractivity contribution in [2.75, 3.05) is 18.1 Å². The number of furan rings is 1. The number of fused-ring (bicyclic) bond motifs is 1. The van der Waals surface area contributed by atoms with E-state index in [0.717, 1.165) is 0 Å². The summed E-state index contributed by atoms with van der Waals surface area (Å²) in [7, 11) is 0. The number of nitrogens with one attached hydrogen (secondary N) is 1. The Morgan fingerprint density at radius 1 is 1.09 bits per heavy atom. The summed E-state index contributed by atoms with van der Waals surface area (Å²) < 4.78 is 16.9. The van der Waals surface area contributed by atoms with E-state index in [4.69, 9.17) is 13.9 Å². The molecule has 3 heterocycles. The summed E-state index contributed by atoms with van der Waals surface area (Å²) >= 11 is 0. The highest BCUT2D eigenvalue weighted by Gasteiger charge is 2.49. The van der Waals surface area contributed by atoms with E-state index in [1.54, 1.807) is 43.3 Å². The number of carbonyl (C=O) groups excluding carboxylic acids is 2. The second-order valence-corrected chi connectivity index (χ2v) is 7.79. The molecule has 1 aliphatic heterocycles. The van der Waals surface area contributed by atoms with Gasteiger partial charge in [0.25, 0.3) is 5.78 Å². The van der Waals surface area contributed by atoms with Crippen LogP contribution in [0.15, 0.2) is 70.9 Å². The molecule has 0 spiro atoms. The molecule has 0 radical (unpaired) electrons. The Morgan fingerprint density at radius 2 is 1.89 bits per heavy atom. The molecule has 0 saturated carbocycles. The van der Waals surface area contributed by atoms with Gasteiger partial charge in [0, 0.05) is 6.07 Å². The number of aliphatic hydroxyl groups is 1. The zero-order chi connectivity index (χ0) is 24.5. The number of amides is 1. The lowest BCUT2D eigenvalue weighted by Crippen LogP contribution is -2.30. The molecule has 178 valence electrons. The smallest absolute Gasteiger partial charge is 0.302 e. The van der Waals surface area contributed by atoms with E-state index in [1.807, 2.05) is 25.1 Å². The van der Waals surface area contributed by atoms with Crippen LogP contribution >= 0.6 is 0 Å². The lowest BCUT2D eigenvalue weighted by atomic mass is 9.98. The monoisotopic (exact) mass is 473 g/mol. The molecule has 1 fully saturated rings. The maximum atomic E-state index is 13.3. The highest BCUT2D eigenvalue weighted by Crippen LogP contribution is 2.43. The number of imidazole rings is 1. The number of carbonyl (C=O) groups is 2. The maximum Gasteiger partial charge on any atom is 0.302 e. The Balaban J connectivity index is 1.69. The predicted octanol–water partition coefficient (Wildman–Crippen LogP) is 4.58. The Morgan fingerprint density at radius 3 is 2.60 bits per heavy atom. The van der Waals surface area contributed by atoms with Gasteiger partial charge in [0.05, 0.1) is 41.6 Å². The number of para-hydroxylation sites is 2. The fourth-order valence-electron chi connectivity index (χ4n) is 4.20. The molecule has 1 saturated heterocycles. The third kappa shape index (κ3) is 3.80. The first-order valence-corrected chi connectivity index (χ1v) is 11.2. The van der Waals surface area contributed by atoms with Gasteiger partial charge in [0.1, 0.15) is 29.1 Å². The average molecular weight is 473 g/mol. The van der Waals surface area contributed by atoms with E-state index in [1.165, 1.54) is 11.2 Å². The Hall–Kier alpha value is -4.53. The Bertz CT molecular complexity index is 1400. The van der Waals surface area contributed by atoms with Crippen molar-refractivity contribution in [3.63, 3.8) is 0 Å². The van der Waals surface area contributed by atoms with Crippen LogP contribution in [0.1, 0.15) is 31.2 Å². The zero-order valence-corrected chi connectivity index (χ0v) is 19.1. The standard InChI is InChI=1S/C26H23N3O6/c1-3-33-15-11-12-16(20(14-15)34-4-2)23(30)21-22(19-10-7-13-35-19)29(25(32)24(21)31)26-27-17-8-5-6-9-18(17)28-26/h5-14,22,30H,3-4H2,1-2H3,(H,27,28)/b23-21+. The summed E-state index contributed by atoms with van der Waals surface area (Å²) in [6.07, 6.45) is 1.44. The topological polar surface area (TPSA) is 118 Å². The van der Waals surface area contributed by atoms with Crippen molar-refractivity contribution in [3.8, 4) is 11.5 Å². The largest absolute Gasteiger partial charge is 0.507 e. The van der Waals surface area contributed by atoms with E-state index in [0.29, 0.717) is 41.5 Å². The highest BCUT2D eigenvalue weighted by molar-refractivity contribution is 6.51. The lowest BCUT2D eigenvalue weighted by molar-refractivity contribution is -0.132. The van der Waals surface area contributed by atoms with Crippen molar-refractivity contribution in [3.05, 3.63) is 77.8 Å². The third-order valence-electron chi connectivity index (χ3n) is 5.68. The molecule has 35 heavy (non-hydrogen) atoms. The van der Waals surface area contributed by atoms with E-state index in [9.17, 15) is 14.7 Å². The minimum atomic E-state index is -1.04. The Kier molecular flexibility index (Phi) is 5.74. The molecule has 4 aromatic rings. The fourth-order valence-corrected chi connectivity index (χ4v) is 4.20.